The Balaban J connectivity index is 1.70. The number of hydrogen-bond donors (Lipinski definition) is 4. The number of benzene rings is 3. The number of nitrogens with two attached hydrogens (primary N) is 1. The average Bonchev–Trinajstić information content (AvgIpc) is 2.81. The number of rotatable bonds is 6. The Labute approximate surface area is 212 Å². The van der Waals surface area contributed by atoms with Gasteiger partial charge in [0.2, 0.25) is 0 Å². The van der Waals surface area contributed by atoms with E-state index in [1.807, 2.05) is 12.1 Å². The largest absolute Gasteiger partial charge is 0.398 e. The van der Waals surface area contributed by atoms with E-state index in [-0.39, 0.29) is 16.2 Å². The molecule has 0 saturated carbocycles. The van der Waals surface area contributed by atoms with Gasteiger partial charge in [-0.25, -0.2) is 4.39 Å². The van der Waals surface area contributed by atoms with Crippen LogP contribution in [0.15, 0.2) is 76.9 Å². The van der Waals surface area contributed by atoms with E-state index in [0.29, 0.717) is 39.9 Å². The van der Waals surface area contributed by atoms with E-state index in [0.717, 1.165) is 11.8 Å². The molecule has 6 nitrogen and oxygen atoms in total. The van der Waals surface area contributed by atoms with Crippen molar-refractivity contribution in [2.75, 3.05) is 11.1 Å². The monoisotopic (exact) mass is 509 g/mol. The standard InChI is InChI=1S/C26H22Cl2FN5O/c1-14-24(26(35)33-19-7-9-22(31)16(11-19)13-30)25(20-8-6-18(28)12-21(20)29)34-23(32-14)10-15-2-4-17(27)5-3-15/h2-9,11-13,25,30H,10,31H2,1H3,(H,32,34)(H,33,35). The first-order valence-corrected chi connectivity index (χ1v) is 11.5. The third-order valence-corrected chi connectivity index (χ3v) is 6.07. The lowest BCUT2D eigenvalue weighted by Gasteiger charge is -2.27. The summed E-state index contributed by atoms with van der Waals surface area (Å²) in [7, 11) is 0. The Morgan fingerprint density at radius 2 is 1.86 bits per heavy atom. The Morgan fingerprint density at radius 1 is 1.14 bits per heavy atom. The van der Waals surface area contributed by atoms with Crippen molar-refractivity contribution in [3.05, 3.63) is 104 Å². The second kappa shape index (κ2) is 10.3. The van der Waals surface area contributed by atoms with Crippen molar-refractivity contribution < 1.29 is 9.18 Å². The first kappa shape index (κ1) is 24.4. The van der Waals surface area contributed by atoms with E-state index in [4.69, 9.17) is 39.3 Å². The summed E-state index contributed by atoms with van der Waals surface area (Å²) in [6, 6.07) is 15.6. The van der Waals surface area contributed by atoms with E-state index < -0.39 is 17.8 Å². The maximum absolute atomic E-state index is 15.0. The van der Waals surface area contributed by atoms with E-state index in [2.05, 4.69) is 10.6 Å². The molecule has 0 saturated heterocycles. The van der Waals surface area contributed by atoms with Crippen LogP contribution in [-0.4, -0.2) is 18.0 Å². The minimum absolute atomic E-state index is 0.228. The molecule has 178 valence electrons. The first-order valence-electron chi connectivity index (χ1n) is 10.7. The number of amidine groups is 1. The first-order chi connectivity index (χ1) is 16.7. The SMILES string of the molecule is CC1=C(C(=O)Nc2ccc(N)c(C=N)c2)C(c2ccc(Cl)cc2F)N=C(Cc2ccc(Cl)cc2)N1. The fourth-order valence-corrected chi connectivity index (χ4v) is 4.13. The van der Waals surface area contributed by atoms with Gasteiger partial charge in [0.25, 0.3) is 5.91 Å². The van der Waals surface area contributed by atoms with Gasteiger partial charge in [-0.05, 0) is 55.0 Å². The van der Waals surface area contributed by atoms with Gasteiger partial charge in [0.15, 0.2) is 0 Å². The van der Waals surface area contributed by atoms with Crippen LogP contribution in [0.1, 0.15) is 29.7 Å². The second-order valence-electron chi connectivity index (χ2n) is 8.05. The van der Waals surface area contributed by atoms with E-state index in [1.165, 1.54) is 12.1 Å². The molecule has 1 amide bonds. The van der Waals surface area contributed by atoms with Crippen molar-refractivity contribution in [2.45, 2.75) is 19.4 Å². The number of anilines is 2. The van der Waals surface area contributed by atoms with Gasteiger partial charge >= 0.3 is 0 Å². The molecular formula is C26H22Cl2FN5O. The number of halogens is 3. The quantitative estimate of drug-likeness (QED) is 0.245. The van der Waals surface area contributed by atoms with E-state index >= 15 is 0 Å². The highest BCUT2D eigenvalue weighted by molar-refractivity contribution is 6.30. The number of amides is 1. The van der Waals surface area contributed by atoms with Crippen molar-refractivity contribution in [1.82, 2.24) is 5.32 Å². The van der Waals surface area contributed by atoms with Gasteiger partial charge in [-0.2, -0.15) is 0 Å². The Kier molecular flexibility index (Phi) is 7.19. The lowest BCUT2D eigenvalue weighted by molar-refractivity contribution is -0.113. The topological polar surface area (TPSA) is 103 Å². The van der Waals surface area contributed by atoms with Crippen LogP contribution in [0.5, 0.6) is 0 Å². The molecule has 3 aromatic rings. The summed E-state index contributed by atoms with van der Waals surface area (Å²) in [5, 5.41) is 14.4. The van der Waals surface area contributed by atoms with E-state index in [1.54, 1.807) is 43.3 Å². The van der Waals surface area contributed by atoms with Gasteiger partial charge in [-0.3, -0.25) is 9.79 Å². The fraction of sp³-hybridized carbons (Fsp3) is 0.115. The summed E-state index contributed by atoms with van der Waals surface area (Å²) < 4.78 is 15.0. The predicted molar refractivity (Wildman–Crippen MR) is 140 cm³/mol. The molecule has 0 fully saturated rings. The predicted octanol–water partition coefficient (Wildman–Crippen LogP) is 5.91. The average molecular weight is 510 g/mol. The third kappa shape index (κ3) is 5.53. The zero-order valence-electron chi connectivity index (χ0n) is 18.7. The number of hydrogen-bond acceptors (Lipinski definition) is 5. The molecule has 0 spiro atoms. The molecule has 35 heavy (non-hydrogen) atoms. The van der Waals surface area contributed by atoms with Crippen LogP contribution in [-0.2, 0) is 11.2 Å². The number of carbonyl (C=O) groups excluding carboxylic acids is 1. The smallest absolute Gasteiger partial charge is 0.255 e. The van der Waals surface area contributed by atoms with Crippen LogP contribution in [0.2, 0.25) is 10.0 Å². The Hall–Kier alpha value is -3.68. The third-order valence-electron chi connectivity index (χ3n) is 5.58. The summed E-state index contributed by atoms with van der Waals surface area (Å²) in [4.78, 5) is 18.1. The van der Waals surface area contributed by atoms with Crippen LogP contribution < -0.4 is 16.4 Å². The maximum atomic E-state index is 15.0. The number of nitrogen functional groups attached to an aromatic ring is 1. The summed E-state index contributed by atoms with van der Waals surface area (Å²) in [6.45, 7) is 1.75. The summed E-state index contributed by atoms with van der Waals surface area (Å²) in [6.07, 6.45) is 1.55. The number of aliphatic imine (C=N–C) groups is 1. The van der Waals surface area contributed by atoms with Crippen LogP contribution in [0.4, 0.5) is 15.8 Å². The molecule has 1 atom stereocenters. The number of nitrogens with zero attached hydrogens (tertiary/aromatic N) is 1. The van der Waals surface area contributed by atoms with Crippen molar-refractivity contribution in [2.24, 2.45) is 4.99 Å². The lowest BCUT2D eigenvalue weighted by Crippen LogP contribution is -2.34. The van der Waals surface area contributed by atoms with Crippen molar-refractivity contribution >= 4 is 52.5 Å². The molecule has 5 N–H and O–H groups in total. The molecule has 0 aromatic heterocycles. The zero-order chi connectivity index (χ0) is 25.1. The number of carbonyl (C=O) groups is 1. The van der Waals surface area contributed by atoms with Crippen LogP contribution in [0.3, 0.4) is 0 Å². The second-order valence-corrected chi connectivity index (χ2v) is 8.93. The molecule has 0 radical (unpaired) electrons. The van der Waals surface area contributed by atoms with Crippen LogP contribution >= 0.6 is 23.2 Å². The molecule has 3 aromatic carbocycles. The molecule has 0 bridgehead atoms. The molecule has 4 rings (SSSR count). The van der Waals surface area contributed by atoms with Gasteiger partial charge in [-0.15, -0.1) is 0 Å². The van der Waals surface area contributed by atoms with Gasteiger partial charge in [0, 0.05) is 50.9 Å². The molecule has 1 aliphatic heterocycles. The normalized spacial score (nSPS) is 15.3. The van der Waals surface area contributed by atoms with Crippen molar-refractivity contribution in [3.8, 4) is 0 Å². The van der Waals surface area contributed by atoms with Gasteiger partial charge in [-0.1, -0.05) is 41.4 Å². The molecule has 1 aliphatic rings. The zero-order valence-corrected chi connectivity index (χ0v) is 20.2. The summed E-state index contributed by atoms with van der Waals surface area (Å²) in [5.74, 6) is -0.431. The van der Waals surface area contributed by atoms with Crippen molar-refractivity contribution in [3.63, 3.8) is 0 Å². The molecule has 1 unspecified atom stereocenters. The minimum atomic E-state index is -0.896. The fourth-order valence-electron chi connectivity index (χ4n) is 3.85. The van der Waals surface area contributed by atoms with Gasteiger partial charge in [0.05, 0.1) is 5.57 Å². The lowest BCUT2D eigenvalue weighted by atomic mass is 9.94. The van der Waals surface area contributed by atoms with Crippen molar-refractivity contribution in [1.29, 1.82) is 5.41 Å². The molecule has 1 heterocycles. The molecule has 0 aliphatic carbocycles. The highest BCUT2D eigenvalue weighted by atomic mass is 35.5. The van der Waals surface area contributed by atoms with Crippen LogP contribution in [0.25, 0.3) is 0 Å². The summed E-state index contributed by atoms with van der Waals surface area (Å²) in [5.41, 5.74) is 9.19. The molecular weight excluding hydrogens is 488 g/mol. The summed E-state index contributed by atoms with van der Waals surface area (Å²) >= 11 is 12.0. The van der Waals surface area contributed by atoms with Gasteiger partial charge < -0.3 is 21.8 Å². The highest BCUT2D eigenvalue weighted by Crippen LogP contribution is 2.34. The molecule has 9 heteroatoms. The van der Waals surface area contributed by atoms with Crippen LogP contribution in [0, 0.1) is 11.2 Å². The van der Waals surface area contributed by atoms with Gasteiger partial charge in [0.1, 0.15) is 17.7 Å². The number of nitrogens with one attached hydrogen (secondary N) is 3. The maximum Gasteiger partial charge on any atom is 0.255 e. The van der Waals surface area contributed by atoms with E-state index in [9.17, 15) is 9.18 Å². The Morgan fingerprint density at radius 3 is 2.54 bits per heavy atom. The minimum Gasteiger partial charge on any atom is -0.398 e. The number of allylic oxidation sites excluding steroid dienone is 1. The Bertz CT molecular complexity index is 1370. The highest BCUT2D eigenvalue weighted by Gasteiger charge is 2.31.